The van der Waals surface area contributed by atoms with E-state index in [9.17, 15) is 19.2 Å². The maximum Gasteiger partial charge on any atom is 1.00 e. The first-order valence-corrected chi connectivity index (χ1v) is 5.37. The van der Waals surface area contributed by atoms with E-state index in [0.29, 0.717) is 0 Å². The van der Waals surface area contributed by atoms with Gasteiger partial charge in [-0.25, -0.2) is 0 Å². The van der Waals surface area contributed by atoms with Crippen molar-refractivity contribution < 1.29 is 69.2 Å². The summed E-state index contributed by atoms with van der Waals surface area (Å²) in [6, 6.07) is 0. The fourth-order valence-corrected chi connectivity index (χ4v) is 1.33. The van der Waals surface area contributed by atoms with Crippen molar-refractivity contribution in [2.75, 3.05) is 32.7 Å². The maximum atomic E-state index is 10.5. The van der Waals surface area contributed by atoms with Gasteiger partial charge in [-0.2, -0.15) is 0 Å². The number of carboxylic acids is 4. The summed E-state index contributed by atoms with van der Waals surface area (Å²) in [5.74, 6) is -5.01. The standard InChI is InChI=1S/C10H15N2O8.Na/c13-7(14)3-11(4-8(15)16)1-2-12(5-9(17)18)6-10(19)20;/h1H,2-6H2,(H,13,14)(H,15,16)(H,17,18)(H,19,20);/q-1;+1. The van der Waals surface area contributed by atoms with Crippen LogP contribution in [0.2, 0.25) is 0 Å². The minimum absolute atomic E-state index is 0. The van der Waals surface area contributed by atoms with E-state index in [1.807, 2.05) is 0 Å². The van der Waals surface area contributed by atoms with E-state index in [1.54, 1.807) is 0 Å². The van der Waals surface area contributed by atoms with Crippen LogP contribution >= 0.6 is 0 Å². The van der Waals surface area contributed by atoms with Gasteiger partial charge in [-0.15, -0.1) is 6.54 Å². The summed E-state index contributed by atoms with van der Waals surface area (Å²) in [4.78, 5) is 44.1. The predicted octanol–water partition coefficient (Wildman–Crippen LogP) is -4.91. The normalized spacial score (nSPS) is 10.2. The quantitative estimate of drug-likeness (QED) is 0.215. The third-order valence-electron chi connectivity index (χ3n) is 1.99. The van der Waals surface area contributed by atoms with E-state index in [-0.39, 0.29) is 36.1 Å². The summed E-state index contributed by atoms with van der Waals surface area (Å²) in [5, 5.41) is 34.4. The van der Waals surface area contributed by atoms with Gasteiger partial charge in [-0.3, -0.25) is 25.7 Å². The average Bonchev–Trinajstić information content (AvgIpc) is 2.22. The van der Waals surface area contributed by atoms with E-state index >= 15 is 0 Å². The molecule has 0 fully saturated rings. The number of hydrogen-bond acceptors (Lipinski definition) is 6. The molecular weight excluding hydrogens is 299 g/mol. The summed E-state index contributed by atoms with van der Waals surface area (Å²) in [6.07, 6.45) is 0. The largest absolute Gasteiger partial charge is 1.00 e. The molecule has 0 amide bonds. The third kappa shape index (κ3) is 13.5. The van der Waals surface area contributed by atoms with Crippen molar-refractivity contribution in [3.05, 3.63) is 6.54 Å². The molecule has 0 rings (SSSR count). The number of carboxylic acid groups (broad SMARTS) is 4. The van der Waals surface area contributed by atoms with Crippen LogP contribution in [-0.4, -0.2) is 86.8 Å². The predicted molar refractivity (Wildman–Crippen MR) is 62.9 cm³/mol. The fourth-order valence-electron chi connectivity index (χ4n) is 1.33. The minimum Gasteiger partial charge on any atom is -0.480 e. The summed E-state index contributed by atoms with van der Waals surface area (Å²) in [6.45, 7) is -1.33. The maximum absolute atomic E-state index is 10.5. The molecule has 0 aliphatic carbocycles. The second-order valence-corrected chi connectivity index (χ2v) is 3.83. The van der Waals surface area contributed by atoms with Gasteiger partial charge in [0.05, 0.1) is 26.2 Å². The van der Waals surface area contributed by atoms with Crippen LogP contribution in [0.3, 0.4) is 0 Å². The van der Waals surface area contributed by atoms with Crippen LogP contribution in [0.4, 0.5) is 0 Å². The molecule has 0 saturated carbocycles. The monoisotopic (exact) mass is 314 g/mol. The number of rotatable bonds is 11. The van der Waals surface area contributed by atoms with E-state index in [2.05, 4.69) is 0 Å². The Kier molecular flexibility index (Phi) is 12.1. The summed E-state index contributed by atoms with van der Waals surface area (Å²) in [7, 11) is 0. The van der Waals surface area contributed by atoms with Crippen molar-refractivity contribution in [1.82, 2.24) is 9.80 Å². The van der Waals surface area contributed by atoms with Gasteiger partial charge < -0.3 is 30.2 Å². The molecule has 114 valence electrons. The summed E-state index contributed by atoms with van der Waals surface area (Å²) in [5.41, 5.74) is 0. The van der Waals surface area contributed by atoms with Gasteiger partial charge in [0, 0.05) is 0 Å². The van der Waals surface area contributed by atoms with Crippen molar-refractivity contribution in [2.45, 2.75) is 0 Å². The van der Waals surface area contributed by atoms with E-state index in [4.69, 9.17) is 20.4 Å². The van der Waals surface area contributed by atoms with Crippen LogP contribution in [0.1, 0.15) is 0 Å². The Bertz CT molecular complexity index is 321. The number of nitrogens with zero attached hydrogens (tertiary/aromatic N) is 2. The molecule has 0 heterocycles. The first-order valence-electron chi connectivity index (χ1n) is 5.37. The van der Waals surface area contributed by atoms with Crippen LogP contribution < -0.4 is 29.6 Å². The molecule has 0 unspecified atom stereocenters. The van der Waals surface area contributed by atoms with Gasteiger partial charge in [-0.1, -0.05) is 0 Å². The van der Waals surface area contributed by atoms with Gasteiger partial charge >= 0.3 is 53.4 Å². The van der Waals surface area contributed by atoms with E-state index < -0.39 is 50.1 Å². The van der Waals surface area contributed by atoms with E-state index in [0.717, 1.165) is 16.3 Å². The van der Waals surface area contributed by atoms with Crippen LogP contribution in [-0.2, 0) is 19.2 Å². The number of aliphatic carboxylic acids is 4. The minimum atomic E-state index is -1.26. The van der Waals surface area contributed by atoms with Crippen LogP contribution in [0.15, 0.2) is 0 Å². The number of hydrogen-bond donors (Lipinski definition) is 4. The molecule has 21 heavy (non-hydrogen) atoms. The van der Waals surface area contributed by atoms with Crippen molar-refractivity contribution in [3.8, 4) is 0 Å². The molecule has 0 spiro atoms. The molecule has 0 saturated heterocycles. The first kappa shape index (κ1) is 22.1. The topological polar surface area (TPSA) is 156 Å². The third-order valence-corrected chi connectivity index (χ3v) is 1.99. The molecule has 0 atom stereocenters. The molecule has 4 N–H and O–H groups in total. The van der Waals surface area contributed by atoms with Gasteiger partial charge in [0.15, 0.2) is 0 Å². The fraction of sp³-hybridized carbons (Fsp3) is 0.500. The zero-order valence-corrected chi connectivity index (χ0v) is 13.4. The van der Waals surface area contributed by atoms with Gasteiger partial charge in [-0.05, 0) is 0 Å². The Morgan fingerprint density at radius 1 is 0.714 bits per heavy atom. The molecule has 0 aromatic heterocycles. The van der Waals surface area contributed by atoms with Gasteiger partial charge in [0.2, 0.25) is 0 Å². The van der Waals surface area contributed by atoms with Gasteiger partial charge in [0.25, 0.3) is 0 Å². The second-order valence-electron chi connectivity index (χ2n) is 3.83. The summed E-state index contributed by atoms with van der Waals surface area (Å²) < 4.78 is 0. The molecular formula is C10H15N2NaO8. The van der Waals surface area contributed by atoms with Crippen molar-refractivity contribution in [3.63, 3.8) is 0 Å². The number of carbonyl (C=O) groups is 4. The molecule has 11 heteroatoms. The molecule has 0 bridgehead atoms. The van der Waals surface area contributed by atoms with Crippen molar-refractivity contribution >= 4 is 23.9 Å². The molecule has 0 aromatic rings. The Morgan fingerprint density at radius 3 is 1.33 bits per heavy atom. The van der Waals surface area contributed by atoms with Gasteiger partial charge in [0.1, 0.15) is 0 Å². The first-order chi connectivity index (χ1) is 9.20. The Balaban J connectivity index is 0. The second kappa shape index (κ2) is 11.5. The van der Waals surface area contributed by atoms with Crippen LogP contribution in [0, 0.1) is 6.54 Å². The molecule has 0 aliphatic rings. The molecule has 0 aliphatic heterocycles. The zero-order valence-electron chi connectivity index (χ0n) is 11.4. The average molecular weight is 314 g/mol. The Morgan fingerprint density at radius 2 is 1.05 bits per heavy atom. The molecule has 10 nitrogen and oxygen atoms in total. The molecule has 0 radical (unpaired) electrons. The van der Waals surface area contributed by atoms with Crippen LogP contribution in [0.25, 0.3) is 0 Å². The van der Waals surface area contributed by atoms with E-state index in [1.165, 1.54) is 0 Å². The van der Waals surface area contributed by atoms with Crippen LogP contribution in [0.5, 0.6) is 0 Å². The smallest absolute Gasteiger partial charge is 0.480 e. The summed E-state index contributed by atoms with van der Waals surface area (Å²) >= 11 is 0. The Labute approximate surface area is 142 Å². The molecule has 0 aromatic carbocycles. The zero-order chi connectivity index (χ0) is 15.7. The SMILES string of the molecule is O=C(O)CN([CH-]CN(CC(=O)O)CC(=O)O)CC(=O)O.[Na+]. The Hall–Kier alpha value is -1.20. The van der Waals surface area contributed by atoms with Crippen molar-refractivity contribution in [1.29, 1.82) is 0 Å². The van der Waals surface area contributed by atoms with Crippen molar-refractivity contribution in [2.24, 2.45) is 0 Å².